The molecule has 0 fully saturated rings. The van der Waals surface area contributed by atoms with E-state index in [1.54, 1.807) is 36.7 Å². The summed E-state index contributed by atoms with van der Waals surface area (Å²) in [6.07, 6.45) is 5.19. The largest absolute Gasteiger partial charge is 0.437 e. The fourth-order valence-corrected chi connectivity index (χ4v) is 2.71. The molecule has 2 aromatic carbocycles. The van der Waals surface area contributed by atoms with Crippen LogP contribution in [0.2, 0.25) is 0 Å². The van der Waals surface area contributed by atoms with E-state index < -0.39 is 0 Å². The molecule has 0 bridgehead atoms. The van der Waals surface area contributed by atoms with Gasteiger partial charge in [-0.05, 0) is 31.2 Å². The first-order valence-corrected chi connectivity index (χ1v) is 9.39. The zero-order chi connectivity index (χ0) is 20.8. The van der Waals surface area contributed by atoms with Gasteiger partial charge in [-0.1, -0.05) is 23.8 Å². The van der Waals surface area contributed by atoms with Crippen LogP contribution in [0, 0.1) is 6.92 Å². The van der Waals surface area contributed by atoms with Crippen LogP contribution in [-0.2, 0) is 11.2 Å². The summed E-state index contributed by atoms with van der Waals surface area (Å²) in [6, 6.07) is 14.9. The summed E-state index contributed by atoms with van der Waals surface area (Å²) >= 11 is 0. The Morgan fingerprint density at radius 1 is 1.10 bits per heavy atom. The number of nitrogens with zero attached hydrogens (tertiary/aromatic N) is 4. The molecule has 4 rings (SSSR count). The zero-order valence-corrected chi connectivity index (χ0v) is 16.3. The minimum Gasteiger partial charge on any atom is -0.437 e. The predicted molar refractivity (Wildman–Crippen MR) is 110 cm³/mol. The third kappa shape index (κ3) is 5.05. The smallest absolute Gasteiger partial charge is 0.247 e. The Balaban J connectivity index is 1.32. The van der Waals surface area contributed by atoms with E-state index in [2.05, 4.69) is 25.5 Å². The fraction of sp³-hybridized carbons (Fsp3) is 0.136. The van der Waals surface area contributed by atoms with E-state index in [1.165, 1.54) is 6.20 Å². The lowest BCUT2D eigenvalue weighted by Crippen LogP contribution is -2.12. The molecule has 0 unspecified atom stereocenters. The van der Waals surface area contributed by atoms with Crippen LogP contribution in [0.15, 0.2) is 71.5 Å². The topological polar surface area (TPSA) is 103 Å². The standard InChI is InChI=1S/C22H19N5O3/c1-15-5-7-16(8-6-15)22-27-26-20(30-22)10-9-19(28)25-17-3-2-4-18(13-17)29-21-14-23-11-12-24-21/h2-8,11-14H,9-10H2,1H3,(H,25,28). The van der Waals surface area contributed by atoms with Gasteiger partial charge in [0, 0.05) is 42.6 Å². The summed E-state index contributed by atoms with van der Waals surface area (Å²) in [4.78, 5) is 20.3. The van der Waals surface area contributed by atoms with Gasteiger partial charge >= 0.3 is 0 Å². The third-order valence-corrected chi connectivity index (χ3v) is 4.21. The number of carbonyl (C=O) groups excluding carboxylic acids is 1. The molecule has 1 N–H and O–H groups in total. The number of hydrogen-bond acceptors (Lipinski definition) is 7. The van der Waals surface area contributed by atoms with Crippen LogP contribution in [0.5, 0.6) is 11.6 Å². The third-order valence-electron chi connectivity index (χ3n) is 4.21. The maximum Gasteiger partial charge on any atom is 0.247 e. The molecule has 8 nitrogen and oxygen atoms in total. The molecule has 0 saturated heterocycles. The number of anilines is 1. The Bertz CT molecular complexity index is 1130. The number of aryl methyl sites for hydroxylation is 2. The Labute approximate surface area is 173 Å². The summed E-state index contributed by atoms with van der Waals surface area (Å²) in [5, 5.41) is 10.9. The molecule has 0 aliphatic rings. The number of amides is 1. The van der Waals surface area contributed by atoms with Gasteiger partial charge in [-0.3, -0.25) is 9.78 Å². The molecule has 0 atom stereocenters. The van der Waals surface area contributed by atoms with Gasteiger partial charge in [-0.25, -0.2) is 4.98 Å². The number of carbonyl (C=O) groups is 1. The Hall–Kier alpha value is -4.07. The monoisotopic (exact) mass is 401 g/mol. The highest BCUT2D eigenvalue weighted by atomic mass is 16.5. The van der Waals surface area contributed by atoms with Gasteiger partial charge in [0.15, 0.2) is 0 Å². The molecular formula is C22H19N5O3. The molecular weight excluding hydrogens is 382 g/mol. The molecule has 0 saturated carbocycles. The van der Waals surface area contributed by atoms with Crippen molar-refractivity contribution in [2.75, 3.05) is 5.32 Å². The number of ether oxygens (including phenoxy) is 1. The maximum absolute atomic E-state index is 12.3. The molecule has 2 aromatic heterocycles. The molecule has 30 heavy (non-hydrogen) atoms. The normalized spacial score (nSPS) is 10.6. The van der Waals surface area contributed by atoms with Gasteiger partial charge in [0.25, 0.3) is 0 Å². The average Bonchev–Trinajstić information content (AvgIpc) is 3.23. The van der Waals surface area contributed by atoms with Gasteiger partial charge in [-0.2, -0.15) is 0 Å². The number of rotatable bonds is 7. The van der Waals surface area contributed by atoms with E-state index in [0.29, 0.717) is 35.5 Å². The second-order valence-corrected chi connectivity index (χ2v) is 6.59. The predicted octanol–water partition coefficient (Wildman–Crippen LogP) is 4.20. The number of hydrogen-bond donors (Lipinski definition) is 1. The molecule has 4 aromatic rings. The number of aromatic nitrogens is 4. The first kappa shape index (κ1) is 19.3. The van der Waals surface area contributed by atoms with E-state index in [-0.39, 0.29) is 12.3 Å². The van der Waals surface area contributed by atoms with Gasteiger partial charge < -0.3 is 14.5 Å². The number of benzene rings is 2. The molecule has 0 radical (unpaired) electrons. The van der Waals surface area contributed by atoms with Crippen molar-refractivity contribution in [1.29, 1.82) is 0 Å². The van der Waals surface area contributed by atoms with Crippen molar-refractivity contribution < 1.29 is 13.9 Å². The molecule has 0 spiro atoms. The van der Waals surface area contributed by atoms with Crippen LogP contribution in [0.4, 0.5) is 5.69 Å². The van der Waals surface area contributed by atoms with E-state index >= 15 is 0 Å². The number of nitrogens with one attached hydrogen (secondary N) is 1. The minimum absolute atomic E-state index is 0.165. The van der Waals surface area contributed by atoms with Crippen molar-refractivity contribution in [2.45, 2.75) is 19.8 Å². The lowest BCUT2D eigenvalue weighted by atomic mass is 10.1. The molecule has 0 aliphatic heterocycles. The molecule has 8 heteroatoms. The Morgan fingerprint density at radius 2 is 1.97 bits per heavy atom. The average molecular weight is 401 g/mol. The van der Waals surface area contributed by atoms with Gasteiger partial charge in [0.05, 0.1) is 6.20 Å². The van der Waals surface area contributed by atoms with Crippen molar-refractivity contribution in [1.82, 2.24) is 20.2 Å². The van der Waals surface area contributed by atoms with Gasteiger partial charge in [-0.15, -0.1) is 10.2 Å². The van der Waals surface area contributed by atoms with Gasteiger partial charge in [0.1, 0.15) is 5.75 Å². The summed E-state index contributed by atoms with van der Waals surface area (Å²) in [7, 11) is 0. The van der Waals surface area contributed by atoms with Crippen molar-refractivity contribution in [3.05, 3.63) is 78.6 Å². The van der Waals surface area contributed by atoms with Crippen LogP contribution in [0.25, 0.3) is 11.5 Å². The Kier molecular flexibility index (Phi) is 5.75. The second-order valence-electron chi connectivity index (χ2n) is 6.59. The lowest BCUT2D eigenvalue weighted by Gasteiger charge is -2.07. The molecule has 0 aliphatic carbocycles. The van der Waals surface area contributed by atoms with Crippen LogP contribution in [0.3, 0.4) is 0 Å². The highest BCUT2D eigenvalue weighted by Gasteiger charge is 2.11. The van der Waals surface area contributed by atoms with Crippen molar-refractivity contribution >= 4 is 11.6 Å². The summed E-state index contributed by atoms with van der Waals surface area (Å²) in [6.45, 7) is 2.01. The molecule has 1 amide bonds. The zero-order valence-electron chi connectivity index (χ0n) is 16.3. The fourth-order valence-electron chi connectivity index (χ4n) is 2.71. The minimum atomic E-state index is -0.165. The van der Waals surface area contributed by atoms with E-state index in [1.807, 2.05) is 31.2 Å². The van der Waals surface area contributed by atoms with E-state index in [0.717, 1.165) is 11.1 Å². The van der Waals surface area contributed by atoms with Crippen LogP contribution >= 0.6 is 0 Å². The van der Waals surface area contributed by atoms with Crippen molar-refractivity contribution in [2.24, 2.45) is 0 Å². The van der Waals surface area contributed by atoms with Gasteiger partial charge in [0.2, 0.25) is 23.6 Å². The summed E-state index contributed by atoms with van der Waals surface area (Å²) < 4.78 is 11.3. The Morgan fingerprint density at radius 3 is 2.77 bits per heavy atom. The summed E-state index contributed by atoms with van der Waals surface area (Å²) in [5.41, 5.74) is 2.62. The lowest BCUT2D eigenvalue weighted by molar-refractivity contribution is -0.116. The summed E-state index contributed by atoms with van der Waals surface area (Å²) in [5.74, 6) is 1.62. The quantitative estimate of drug-likeness (QED) is 0.495. The first-order chi connectivity index (χ1) is 14.7. The van der Waals surface area contributed by atoms with E-state index in [4.69, 9.17) is 9.15 Å². The maximum atomic E-state index is 12.3. The van der Waals surface area contributed by atoms with Crippen LogP contribution in [0.1, 0.15) is 17.9 Å². The van der Waals surface area contributed by atoms with Crippen molar-refractivity contribution in [3.8, 4) is 23.1 Å². The first-order valence-electron chi connectivity index (χ1n) is 9.39. The highest BCUT2D eigenvalue weighted by Crippen LogP contribution is 2.22. The molecule has 150 valence electrons. The van der Waals surface area contributed by atoms with E-state index in [9.17, 15) is 4.79 Å². The highest BCUT2D eigenvalue weighted by molar-refractivity contribution is 5.90. The van der Waals surface area contributed by atoms with Crippen LogP contribution in [-0.4, -0.2) is 26.1 Å². The second kappa shape index (κ2) is 8.95. The van der Waals surface area contributed by atoms with Crippen molar-refractivity contribution in [3.63, 3.8) is 0 Å². The molecule has 2 heterocycles. The SMILES string of the molecule is Cc1ccc(-c2nnc(CCC(=O)Nc3cccc(Oc4cnccn4)c3)o2)cc1. The van der Waals surface area contributed by atoms with Crippen LogP contribution < -0.4 is 10.1 Å².